The Balaban J connectivity index is 2.27. The first-order valence-electron chi connectivity index (χ1n) is 4.75. The Morgan fingerprint density at radius 3 is 2.75 bits per heavy atom. The number of aromatic nitrogens is 3. The molecule has 4 nitrogen and oxygen atoms in total. The third-order valence-corrected chi connectivity index (χ3v) is 2.22. The van der Waals surface area contributed by atoms with Crippen molar-refractivity contribution in [3.8, 4) is 11.6 Å². The predicted octanol–water partition coefficient (Wildman–Crippen LogP) is 2.93. The summed E-state index contributed by atoms with van der Waals surface area (Å²) in [5, 5.41) is 7.27. The molecular weight excluding hydrogens is 226 g/mol. The van der Waals surface area contributed by atoms with Crippen molar-refractivity contribution in [3.63, 3.8) is 0 Å². The lowest BCUT2D eigenvalue weighted by Crippen LogP contribution is -1.94. The molecule has 0 aliphatic heterocycles. The highest BCUT2D eigenvalue weighted by atomic mass is 35.5. The first kappa shape index (κ1) is 10.8. The average Bonchev–Trinajstić information content (AvgIpc) is 2.22. The molecule has 0 saturated carbocycles. The number of halogens is 1. The van der Waals surface area contributed by atoms with Gasteiger partial charge in [-0.15, -0.1) is 5.10 Å². The molecule has 0 bridgehead atoms. The summed E-state index contributed by atoms with van der Waals surface area (Å²) in [5.41, 5.74) is 2.22. The molecule has 0 aliphatic carbocycles. The van der Waals surface area contributed by atoms with Crippen LogP contribution < -0.4 is 4.74 Å². The first-order chi connectivity index (χ1) is 7.65. The van der Waals surface area contributed by atoms with Gasteiger partial charge in [-0.1, -0.05) is 17.7 Å². The van der Waals surface area contributed by atoms with Crippen LogP contribution in [0.3, 0.4) is 0 Å². The number of nitrogens with zero attached hydrogens (tertiary/aromatic N) is 3. The minimum absolute atomic E-state index is 0.0715. The molecule has 16 heavy (non-hydrogen) atoms. The van der Waals surface area contributed by atoms with Crippen LogP contribution in [0, 0.1) is 13.8 Å². The van der Waals surface area contributed by atoms with Gasteiger partial charge < -0.3 is 4.74 Å². The second kappa shape index (κ2) is 4.45. The Morgan fingerprint density at radius 2 is 2.06 bits per heavy atom. The van der Waals surface area contributed by atoms with E-state index in [1.54, 1.807) is 0 Å². The third-order valence-electron chi connectivity index (χ3n) is 2.06. The molecule has 0 fully saturated rings. The average molecular weight is 236 g/mol. The van der Waals surface area contributed by atoms with Gasteiger partial charge in [0.05, 0.1) is 0 Å². The Morgan fingerprint density at radius 1 is 1.25 bits per heavy atom. The van der Waals surface area contributed by atoms with Crippen LogP contribution in [0.15, 0.2) is 24.4 Å². The molecule has 2 rings (SSSR count). The maximum Gasteiger partial charge on any atom is 0.246 e. The molecule has 0 spiro atoms. The summed E-state index contributed by atoms with van der Waals surface area (Å²) in [6.45, 7) is 4.00. The molecule has 0 amide bonds. The van der Waals surface area contributed by atoms with Crippen molar-refractivity contribution < 1.29 is 4.74 Å². The second-order valence-corrected chi connectivity index (χ2v) is 3.77. The van der Waals surface area contributed by atoms with E-state index in [0.717, 1.165) is 11.3 Å². The first-order valence-corrected chi connectivity index (χ1v) is 5.13. The van der Waals surface area contributed by atoms with Gasteiger partial charge in [0.25, 0.3) is 0 Å². The highest BCUT2D eigenvalue weighted by molar-refractivity contribution is 6.28. The van der Waals surface area contributed by atoms with E-state index >= 15 is 0 Å². The van der Waals surface area contributed by atoms with E-state index in [1.165, 1.54) is 11.8 Å². The fourth-order valence-corrected chi connectivity index (χ4v) is 1.47. The van der Waals surface area contributed by atoms with Crippen molar-refractivity contribution >= 4 is 11.6 Å². The Kier molecular flexibility index (Phi) is 3.01. The van der Waals surface area contributed by atoms with Gasteiger partial charge in [0, 0.05) is 0 Å². The van der Waals surface area contributed by atoms with Gasteiger partial charge in [-0.05, 0) is 37.1 Å². The van der Waals surface area contributed by atoms with Gasteiger partial charge in [0.2, 0.25) is 11.2 Å². The van der Waals surface area contributed by atoms with Crippen molar-refractivity contribution in [1.29, 1.82) is 0 Å². The number of hydrogen-bond acceptors (Lipinski definition) is 4. The molecule has 0 radical (unpaired) electrons. The van der Waals surface area contributed by atoms with Crippen LogP contribution >= 0.6 is 11.6 Å². The molecule has 0 unspecified atom stereocenters. The standard InChI is InChI=1S/C11H10ClN3O/c1-7-3-4-9(8(2)5-7)16-10-6-13-15-11(12)14-10/h3-6H,1-2H3. The van der Waals surface area contributed by atoms with Crippen LogP contribution in [0.1, 0.15) is 11.1 Å². The zero-order valence-electron chi connectivity index (χ0n) is 8.94. The van der Waals surface area contributed by atoms with E-state index in [0.29, 0.717) is 5.88 Å². The highest BCUT2D eigenvalue weighted by Gasteiger charge is 2.04. The summed E-state index contributed by atoms with van der Waals surface area (Å²) in [4.78, 5) is 3.90. The van der Waals surface area contributed by atoms with Crippen LogP contribution in [0.5, 0.6) is 11.6 Å². The van der Waals surface area contributed by atoms with Crippen LogP contribution in [0.4, 0.5) is 0 Å². The summed E-state index contributed by atoms with van der Waals surface area (Å²) in [7, 11) is 0. The van der Waals surface area contributed by atoms with Gasteiger partial charge in [-0.3, -0.25) is 0 Å². The summed E-state index contributed by atoms with van der Waals surface area (Å²) in [6, 6.07) is 5.89. The minimum Gasteiger partial charge on any atom is -0.437 e. The second-order valence-electron chi connectivity index (χ2n) is 3.43. The maximum absolute atomic E-state index is 5.61. The third kappa shape index (κ3) is 2.46. The maximum atomic E-state index is 5.61. The number of aryl methyl sites for hydroxylation is 2. The topological polar surface area (TPSA) is 47.9 Å². The van der Waals surface area contributed by atoms with E-state index in [2.05, 4.69) is 15.2 Å². The molecule has 1 aromatic carbocycles. The molecule has 1 aromatic heterocycles. The van der Waals surface area contributed by atoms with Gasteiger partial charge in [0.1, 0.15) is 11.9 Å². The SMILES string of the molecule is Cc1ccc(Oc2cnnc(Cl)n2)c(C)c1. The van der Waals surface area contributed by atoms with Gasteiger partial charge in [-0.25, -0.2) is 0 Å². The number of benzene rings is 1. The van der Waals surface area contributed by atoms with Crippen LogP contribution in [0.2, 0.25) is 5.28 Å². The zero-order chi connectivity index (χ0) is 11.5. The van der Waals surface area contributed by atoms with E-state index in [-0.39, 0.29) is 5.28 Å². The quantitative estimate of drug-likeness (QED) is 0.803. The smallest absolute Gasteiger partial charge is 0.246 e. The molecule has 0 N–H and O–H groups in total. The van der Waals surface area contributed by atoms with Gasteiger partial charge in [0.15, 0.2) is 0 Å². The minimum atomic E-state index is 0.0715. The lowest BCUT2D eigenvalue weighted by Gasteiger charge is -2.07. The fraction of sp³-hybridized carbons (Fsp3) is 0.182. The molecule has 5 heteroatoms. The lowest BCUT2D eigenvalue weighted by molar-refractivity contribution is 0.453. The van der Waals surface area contributed by atoms with Gasteiger partial charge in [-0.2, -0.15) is 10.1 Å². The summed E-state index contributed by atoms with van der Waals surface area (Å²) in [6.07, 6.45) is 1.42. The Labute approximate surface area is 98.3 Å². The van der Waals surface area contributed by atoms with Crippen LogP contribution in [-0.4, -0.2) is 15.2 Å². The van der Waals surface area contributed by atoms with Gasteiger partial charge >= 0.3 is 0 Å². The molecular formula is C11H10ClN3O. The number of hydrogen-bond donors (Lipinski definition) is 0. The summed E-state index contributed by atoms with van der Waals surface area (Å²) in [5.74, 6) is 1.08. The fourth-order valence-electron chi connectivity index (χ4n) is 1.34. The molecule has 2 aromatic rings. The normalized spacial score (nSPS) is 10.2. The number of rotatable bonds is 2. The van der Waals surface area contributed by atoms with Crippen molar-refractivity contribution in [2.24, 2.45) is 0 Å². The molecule has 0 aliphatic rings. The Hall–Kier alpha value is -1.68. The van der Waals surface area contributed by atoms with Crippen molar-refractivity contribution in [2.45, 2.75) is 13.8 Å². The van der Waals surface area contributed by atoms with Crippen molar-refractivity contribution in [2.75, 3.05) is 0 Å². The van der Waals surface area contributed by atoms with E-state index in [1.807, 2.05) is 32.0 Å². The predicted molar refractivity (Wildman–Crippen MR) is 60.8 cm³/mol. The zero-order valence-corrected chi connectivity index (χ0v) is 9.69. The van der Waals surface area contributed by atoms with Crippen molar-refractivity contribution in [3.05, 3.63) is 40.8 Å². The summed E-state index contributed by atoms with van der Waals surface area (Å²) >= 11 is 5.61. The highest BCUT2D eigenvalue weighted by Crippen LogP contribution is 2.23. The van der Waals surface area contributed by atoms with E-state index in [9.17, 15) is 0 Å². The van der Waals surface area contributed by atoms with Crippen molar-refractivity contribution in [1.82, 2.24) is 15.2 Å². The van der Waals surface area contributed by atoms with E-state index in [4.69, 9.17) is 16.3 Å². The molecule has 1 heterocycles. The lowest BCUT2D eigenvalue weighted by atomic mass is 10.1. The monoisotopic (exact) mass is 235 g/mol. The molecule has 82 valence electrons. The van der Waals surface area contributed by atoms with Crippen LogP contribution in [0.25, 0.3) is 0 Å². The largest absolute Gasteiger partial charge is 0.437 e. The molecule has 0 saturated heterocycles. The van der Waals surface area contributed by atoms with E-state index < -0.39 is 0 Å². The molecule has 0 atom stereocenters. The Bertz CT molecular complexity index is 516. The van der Waals surface area contributed by atoms with Crippen LogP contribution in [-0.2, 0) is 0 Å². The number of ether oxygens (including phenoxy) is 1. The summed E-state index contributed by atoms with van der Waals surface area (Å²) < 4.78 is 5.55.